The number of carbonyl (C=O) groups excluding carboxylic acids is 1. The van der Waals surface area contributed by atoms with Crippen LogP contribution in [0, 0.1) is 0 Å². The fourth-order valence-corrected chi connectivity index (χ4v) is 1.68. The lowest BCUT2D eigenvalue weighted by atomic mass is 10.0. The van der Waals surface area contributed by atoms with Gasteiger partial charge in [0.05, 0.1) is 6.04 Å². The molecule has 2 atom stereocenters. The quantitative estimate of drug-likeness (QED) is 0.599. The third kappa shape index (κ3) is 3.64. The van der Waals surface area contributed by atoms with Crippen molar-refractivity contribution in [1.29, 1.82) is 0 Å². The number of carbonyl (C=O) groups is 1. The number of aliphatic hydroxyl groups excluding tert-OH is 1. The van der Waals surface area contributed by atoms with E-state index in [1.165, 1.54) is 0 Å². The maximum absolute atomic E-state index is 11.6. The van der Waals surface area contributed by atoms with Crippen molar-refractivity contribution in [3.8, 4) is 0 Å². The van der Waals surface area contributed by atoms with Crippen LogP contribution in [0.4, 0.5) is 0 Å². The molecule has 1 aliphatic heterocycles. The molecule has 1 heterocycles. The number of piperidine rings is 1. The van der Waals surface area contributed by atoms with E-state index in [2.05, 4.69) is 10.6 Å². The molecular weight excluding hydrogens is 180 g/mol. The Labute approximate surface area is 85.1 Å². The maximum Gasteiger partial charge on any atom is 0.237 e. The highest BCUT2D eigenvalue weighted by Gasteiger charge is 2.21. The van der Waals surface area contributed by atoms with Crippen LogP contribution in [0.2, 0.25) is 0 Å². The Morgan fingerprint density at radius 3 is 3.00 bits per heavy atom. The van der Waals surface area contributed by atoms with Crippen LogP contribution in [0.3, 0.4) is 0 Å². The molecular formula is C10H20N2O2. The van der Waals surface area contributed by atoms with Gasteiger partial charge in [0.1, 0.15) is 0 Å². The molecule has 3 N–H and O–H groups in total. The van der Waals surface area contributed by atoms with Crippen molar-refractivity contribution >= 4 is 5.91 Å². The summed E-state index contributed by atoms with van der Waals surface area (Å²) < 4.78 is 0. The van der Waals surface area contributed by atoms with Crippen molar-refractivity contribution in [3.63, 3.8) is 0 Å². The van der Waals surface area contributed by atoms with E-state index in [1.54, 1.807) is 0 Å². The van der Waals surface area contributed by atoms with Crippen molar-refractivity contribution in [2.45, 2.75) is 44.7 Å². The summed E-state index contributed by atoms with van der Waals surface area (Å²) in [5.41, 5.74) is 0. The Bertz CT molecular complexity index is 179. The van der Waals surface area contributed by atoms with Crippen molar-refractivity contribution in [1.82, 2.24) is 10.6 Å². The van der Waals surface area contributed by atoms with Gasteiger partial charge in [-0.3, -0.25) is 4.79 Å². The van der Waals surface area contributed by atoms with Gasteiger partial charge in [0.2, 0.25) is 5.91 Å². The molecule has 0 aliphatic carbocycles. The van der Waals surface area contributed by atoms with Gasteiger partial charge < -0.3 is 15.7 Å². The van der Waals surface area contributed by atoms with Gasteiger partial charge >= 0.3 is 0 Å². The summed E-state index contributed by atoms with van der Waals surface area (Å²) >= 11 is 0. The number of nitrogens with one attached hydrogen (secondary N) is 2. The smallest absolute Gasteiger partial charge is 0.237 e. The minimum absolute atomic E-state index is 0.0232. The van der Waals surface area contributed by atoms with Gasteiger partial charge in [-0.2, -0.15) is 0 Å². The maximum atomic E-state index is 11.6. The van der Waals surface area contributed by atoms with E-state index in [4.69, 9.17) is 5.11 Å². The Morgan fingerprint density at radius 1 is 1.64 bits per heavy atom. The van der Waals surface area contributed by atoms with Crippen LogP contribution >= 0.6 is 0 Å². The molecule has 0 bridgehead atoms. The molecule has 1 rings (SSSR count). The Kier molecular flexibility index (Phi) is 4.90. The van der Waals surface area contributed by atoms with Crippen LogP contribution < -0.4 is 10.6 Å². The van der Waals surface area contributed by atoms with Crippen LogP contribution in [-0.4, -0.2) is 36.2 Å². The van der Waals surface area contributed by atoms with Crippen LogP contribution in [0.5, 0.6) is 0 Å². The van der Waals surface area contributed by atoms with E-state index in [-0.39, 0.29) is 24.6 Å². The number of rotatable bonds is 4. The molecule has 1 fully saturated rings. The summed E-state index contributed by atoms with van der Waals surface area (Å²) in [4.78, 5) is 11.6. The van der Waals surface area contributed by atoms with Gasteiger partial charge in [-0.1, -0.05) is 6.42 Å². The highest BCUT2D eigenvalue weighted by atomic mass is 16.3. The molecule has 82 valence electrons. The molecule has 0 aromatic carbocycles. The van der Waals surface area contributed by atoms with E-state index in [0.29, 0.717) is 6.42 Å². The molecule has 4 heteroatoms. The summed E-state index contributed by atoms with van der Waals surface area (Å²) in [7, 11) is 0. The average molecular weight is 200 g/mol. The van der Waals surface area contributed by atoms with Gasteiger partial charge in [0.25, 0.3) is 0 Å². The summed E-state index contributed by atoms with van der Waals surface area (Å²) in [5.74, 6) is 0.0747. The van der Waals surface area contributed by atoms with Gasteiger partial charge in [0, 0.05) is 12.6 Å². The molecule has 0 saturated carbocycles. The average Bonchev–Trinajstić information content (AvgIpc) is 2.19. The summed E-state index contributed by atoms with van der Waals surface area (Å²) in [6, 6.07) is 0.0427. The highest BCUT2D eigenvalue weighted by molar-refractivity contribution is 5.82. The van der Waals surface area contributed by atoms with E-state index in [1.807, 2.05) is 6.92 Å². The second kappa shape index (κ2) is 5.98. The van der Waals surface area contributed by atoms with Crippen LogP contribution in [0.25, 0.3) is 0 Å². The molecule has 0 aromatic heterocycles. The zero-order valence-corrected chi connectivity index (χ0v) is 8.75. The van der Waals surface area contributed by atoms with Gasteiger partial charge in [-0.25, -0.2) is 0 Å². The fourth-order valence-electron chi connectivity index (χ4n) is 1.68. The van der Waals surface area contributed by atoms with E-state index in [9.17, 15) is 4.79 Å². The van der Waals surface area contributed by atoms with Crippen molar-refractivity contribution < 1.29 is 9.90 Å². The third-order valence-electron chi connectivity index (χ3n) is 2.58. The third-order valence-corrected chi connectivity index (χ3v) is 2.58. The highest BCUT2D eigenvalue weighted by Crippen LogP contribution is 2.07. The first-order valence-electron chi connectivity index (χ1n) is 5.38. The van der Waals surface area contributed by atoms with Crippen LogP contribution in [-0.2, 0) is 4.79 Å². The fraction of sp³-hybridized carbons (Fsp3) is 0.900. The van der Waals surface area contributed by atoms with Gasteiger partial charge in [0.15, 0.2) is 0 Å². The lowest BCUT2D eigenvalue weighted by Gasteiger charge is -2.24. The van der Waals surface area contributed by atoms with Crippen molar-refractivity contribution in [2.75, 3.05) is 13.2 Å². The number of amides is 1. The standard InChI is InChI=1S/C10H20N2O2/c1-8(5-7-13)12-10(14)9-4-2-3-6-11-9/h8-9,11,13H,2-7H2,1H3,(H,12,14)/t8?,9-/m1/s1. The first kappa shape index (κ1) is 11.5. The Morgan fingerprint density at radius 2 is 2.43 bits per heavy atom. The van der Waals surface area contributed by atoms with E-state index in [0.717, 1.165) is 25.8 Å². The summed E-state index contributed by atoms with van der Waals surface area (Å²) in [6.07, 6.45) is 3.84. The predicted molar refractivity (Wildman–Crippen MR) is 54.9 cm³/mol. The number of hydrogen-bond acceptors (Lipinski definition) is 3. The summed E-state index contributed by atoms with van der Waals surface area (Å²) in [6.45, 7) is 2.98. The lowest BCUT2D eigenvalue weighted by molar-refractivity contribution is -0.124. The van der Waals surface area contributed by atoms with Crippen molar-refractivity contribution in [2.24, 2.45) is 0 Å². The molecule has 0 spiro atoms. The Balaban J connectivity index is 2.25. The van der Waals surface area contributed by atoms with Crippen molar-refractivity contribution in [3.05, 3.63) is 0 Å². The normalized spacial score (nSPS) is 24.3. The minimum Gasteiger partial charge on any atom is -0.396 e. The van der Waals surface area contributed by atoms with E-state index >= 15 is 0 Å². The minimum atomic E-state index is -0.0232. The Hall–Kier alpha value is -0.610. The molecule has 0 aromatic rings. The molecule has 1 saturated heterocycles. The van der Waals surface area contributed by atoms with Gasteiger partial charge in [-0.15, -0.1) is 0 Å². The number of aliphatic hydroxyl groups is 1. The molecule has 1 amide bonds. The molecule has 1 unspecified atom stereocenters. The van der Waals surface area contributed by atoms with Crippen LogP contribution in [0.15, 0.2) is 0 Å². The topological polar surface area (TPSA) is 61.4 Å². The van der Waals surface area contributed by atoms with Gasteiger partial charge in [-0.05, 0) is 32.7 Å². The second-order valence-corrected chi connectivity index (χ2v) is 3.92. The second-order valence-electron chi connectivity index (χ2n) is 3.92. The zero-order valence-electron chi connectivity index (χ0n) is 8.75. The van der Waals surface area contributed by atoms with Crippen LogP contribution in [0.1, 0.15) is 32.6 Å². The summed E-state index contributed by atoms with van der Waals surface area (Å²) in [5, 5.41) is 14.8. The first-order chi connectivity index (χ1) is 6.74. The SMILES string of the molecule is CC(CCO)NC(=O)[C@H]1CCCCN1. The number of hydrogen-bond donors (Lipinski definition) is 3. The molecule has 0 radical (unpaired) electrons. The monoisotopic (exact) mass is 200 g/mol. The lowest BCUT2D eigenvalue weighted by Crippen LogP contribution is -2.49. The molecule has 4 nitrogen and oxygen atoms in total. The first-order valence-corrected chi connectivity index (χ1v) is 5.38. The largest absolute Gasteiger partial charge is 0.396 e. The molecule has 14 heavy (non-hydrogen) atoms. The zero-order chi connectivity index (χ0) is 10.4. The molecule has 1 aliphatic rings. The van der Waals surface area contributed by atoms with E-state index < -0.39 is 0 Å². The predicted octanol–water partition coefficient (Wildman–Crippen LogP) is 0.0156.